The van der Waals surface area contributed by atoms with Crippen molar-refractivity contribution in [3.63, 3.8) is 0 Å². The van der Waals surface area contributed by atoms with Gasteiger partial charge in [-0.25, -0.2) is 0 Å². The quantitative estimate of drug-likeness (QED) is 0.828. The molecule has 3 aliphatic rings. The van der Waals surface area contributed by atoms with Gasteiger partial charge in [0.25, 0.3) is 0 Å². The molecule has 1 saturated carbocycles. The fraction of sp³-hybridized carbons (Fsp3) is 1.00. The van der Waals surface area contributed by atoms with E-state index in [0.717, 1.165) is 18.6 Å². The second-order valence-electron chi connectivity index (χ2n) is 6.98. The summed E-state index contributed by atoms with van der Waals surface area (Å²) in [7, 11) is 0. The molecule has 1 aliphatic carbocycles. The van der Waals surface area contributed by atoms with Crippen molar-refractivity contribution in [3.8, 4) is 0 Å². The fourth-order valence-electron chi connectivity index (χ4n) is 4.17. The van der Waals surface area contributed by atoms with Crippen molar-refractivity contribution in [2.24, 2.45) is 11.1 Å². The minimum absolute atomic E-state index is 0.477. The number of nitrogens with zero attached hydrogens (tertiary/aromatic N) is 2. The predicted octanol–water partition coefficient (Wildman–Crippen LogP) is 1.67. The van der Waals surface area contributed by atoms with Crippen molar-refractivity contribution >= 4 is 0 Å². The SMILES string of the molecule is CC1CN2CCCCC2CN1CC1(CN)CCC1. The van der Waals surface area contributed by atoms with E-state index in [9.17, 15) is 0 Å². The van der Waals surface area contributed by atoms with Gasteiger partial charge in [0.1, 0.15) is 0 Å². The first-order chi connectivity index (χ1) is 8.72. The molecular formula is C15H29N3. The minimum Gasteiger partial charge on any atom is -0.330 e. The Bertz CT molecular complexity index is 282. The lowest BCUT2D eigenvalue weighted by Gasteiger charge is -2.52. The molecule has 3 fully saturated rings. The standard InChI is InChI=1S/C15H29N3/c1-13-9-17-8-3-2-5-14(17)10-18(13)12-15(11-16)6-4-7-15/h13-14H,2-12,16H2,1H3. The predicted molar refractivity (Wildman–Crippen MR) is 75.6 cm³/mol. The van der Waals surface area contributed by atoms with Crippen LogP contribution in [0, 0.1) is 5.41 Å². The second-order valence-corrected chi connectivity index (χ2v) is 6.98. The highest BCUT2D eigenvalue weighted by atomic mass is 15.3. The van der Waals surface area contributed by atoms with Gasteiger partial charge in [0.2, 0.25) is 0 Å². The molecule has 18 heavy (non-hydrogen) atoms. The summed E-state index contributed by atoms with van der Waals surface area (Å²) in [4.78, 5) is 5.49. The number of piperazine rings is 1. The highest BCUT2D eigenvalue weighted by Gasteiger charge is 2.41. The van der Waals surface area contributed by atoms with Crippen LogP contribution in [0.1, 0.15) is 45.4 Å². The molecule has 3 rings (SSSR count). The number of piperidine rings is 1. The molecule has 2 heterocycles. The summed E-state index contributed by atoms with van der Waals surface area (Å²) in [5.74, 6) is 0. The van der Waals surface area contributed by atoms with Gasteiger partial charge in [-0.2, -0.15) is 0 Å². The van der Waals surface area contributed by atoms with E-state index in [2.05, 4.69) is 16.7 Å². The van der Waals surface area contributed by atoms with Crippen LogP contribution in [0.25, 0.3) is 0 Å². The van der Waals surface area contributed by atoms with Crippen LogP contribution in [-0.4, -0.2) is 54.6 Å². The monoisotopic (exact) mass is 251 g/mol. The highest BCUT2D eigenvalue weighted by molar-refractivity contribution is 4.96. The zero-order valence-corrected chi connectivity index (χ0v) is 11.9. The van der Waals surface area contributed by atoms with Crippen molar-refractivity contribution in [3.05, 3.63) is 0 Å². The average molecular weight is 251 g/mol. The second kappa shape index (κ2) is 5.10. The lowest BCUT2D eigenvalue weighted by Crippen LogP contribution is -2.61. The number of hydrogen-bond donors (Lipinski definition) is 1. The molecule has 3 heteroatoms. The Morgan fingerprint density at radius 2 is 2.00 bits per heavy atom. The van der Waals surface area contributed by atoms with Gasteiger partial charge in [-0.3, -0.25) is 9.80 Å². The van der Waals surface area contributed by atoms with E-state index in [1.807, 2.05) is 0 Å². The van der Waals surface area contributed by atoms with Crippen LogP contribution >= 0.6 is 0 Å². The zero-order valence-electron chi connectivity index (χ0n) is 11.9. The van der Waals surface area contributed by atoms with Crippen molar-refractivity contribution in [2.45, 2.75) is 57.5 Å². The third kappa shape index (κ3) is 2.33. The summed E-state index contributed by atoms with van der Waals surface area (Å²) in [6.45, 7) is 8.48. The Kier molecular flexibility index (Phi) is 3.65. The Hall–Kier alpha value is -0.120. The summed E-state index contributed by atoms with van der Waals surface area (Å²) in [6, 6.07) is 1.56. The van der Waals surface area contributed by atoms with E-state index < -0.39 is 0 Å². The molecule has 2 saturated heterocycles. The summed E-state index contributed by atoms with van der Waals surface area (Å²) in [6.07, 6.45) is 8.39. The van der Waals surface area contributed by atoms with Crippen molar-refractivity contribution in [1.29, 1.82) is 0 Å². The van der Waals surface area contributed by atoms with Gasteiger partial charge in [0.05, 0.1) is 0 Å². The molecule has 0 bridgehead atoms. The Labute approximate surface area is 112 Å². The van der Waals surface area contributed by atoms with Crippen LogP contribution in [0.4, 0.5) is 0 Å². The summed E-state index contributed by atoms with van der Waals surface area (Å²) >= 11 is 0. The molecule has 2 atom stereocenters. The van der Waals surface area contributed by atoms with Crippen molar-refractivity contribution < 1.29 is 0 Å². The first-order valence-electron chi connectivity index (χ1n) is 7.91. The van der Waals surface area contributed by atoms with E-state index in [0.29, 0.717) is 5.41 Å². The van der Waals surface area contributed by atoms with Gasteiger partial charge in [0.15, 0.2) is 0 Å². The molecule has 3 nitrogen and oxygen atoms in total. The molecular weight excluding hydrogens is 222 g/mol. The average Bonchev–Trinajstić information content (AvgIpc) is 2.34. The smallest absolute Gasteiger partial charge is 0.0223 e. The number of hydrogen-bond acceptors (Lipinski definition) is 3. The molecule has 0 aromatic rings. The lowest BCUT2D eigenvalue weighted by atomic mass is 9.68. The van der Waals surface area contributed by atoms with Crippen LogP contribution in [0.2, 0.25) is 0 Å². The van der Waals surface area contributed by atoms with Gasteiger partial charge in [-0.1, -0.05) is 12.8 Å². The van der Waals surface area contributed by atoms with Crippen LogP contribution in [0.3, 0.4) is 0 Å². The molecule has 0 aromatic heterocycles. The maximum Gasteiger partial charge on any atom is 0.0223 e. The number of fused-ring (bicyclic) bond motifs is 1. The largest absolute Gasteiger partial charge is 0.330 e. The maximum atomic E-state index is 6.03. The first-order valence-corrected chi connectivity index (χ1v) is 7.91. The van der Waals surface area contributed by atoms with Crippen molar-refractivity contribution in [1.82, 2.24) is 9.80 Å². The van der Waals surface area contributed by atoms with E-state index >= 15 is 0 Å². The highest BCUT2D eigenvalue weighted by Crippen LogP contribution is 2.41. The summed E-state index contributed by atoms with van der Waals surface area (Å²) in [5.41, 5.74) is 6.50. The fourth-order valence-corrected chi connectivity index (χ4v) is 4.17. The molecule has 2 aliphatic heterocycles. The van der Waals surface area contributed by atoms with Gasteiger partial charge in [-0.15, -0.1) is 0 Å². The van der Waals surface area contributed by atoms with Gasteiger partial charge in [-0.05, 0) is 51.1 Å². The van der Waals surface area contributed by atoms with E-state index in [-0.39, 0.29) is 0 Å². The normalized spacial score (nSPS) is 37.0. The molecule has 2 N–H and O–H groups in total. The Morgan fingerprint density at radius 3 is 2.67 bits per heavy atom. The number of rotatable bonds is 3. The summed E-state index contributed by atoms with van der Waals surface area (Å²) in [5, 5.41) is 0. The minimum atomic E-state index is 0.477. The third-order valence-corrected chi connectivity index (χ3v) is 5.70. The van der Waals surface area contributed by atoms with Gasteiger partial charge >= 0.3 is 0 Å². The molecule has 104 valence electrons. The first kappa shape index (κ1) is 12.9. The Balaban J connectivity index is 1.61. The molecule has 2 unspecified atom stereocenters. The molecule has 0 spiro atoms. The summed E-state index contributed by atoms with van der Waals surface area (Å²) < 4.78 is 0. The van der Waals surface area contributed by atoms with Crippen LogP contribution in [0.15, 0.2) is 0 Å². The third-order valence-electron chi connectivity index (χ3n) is 5.70. The molecule has 0 radical (unpaired) electrons. The maximum absolute atomic E-state index is 6.03. The van der Waals surface area contributed by atoms with E-state index in [1.54, 1.807) is 0 Å². The van der Waals surface area contributed by atoms with Gasteiger partial charge < -0.3 is 5.73 Å². The van der Waals surface area contributed by atoms with Gasteiger partial charge in [0, 0.05) is 31.7 Å². The Morgan fingerprint density at radius 1 is 1.17 bits per heavy atom. The molecule has 0 aromatic carbocycles. The lowest BCUT2D eigenvalue weighted by molar-refractivity contribution is -0.0231. The topological polar surface area (TPSA) is 32.5 Å². The zero-order chi connectivity index (χ0) is 12.6. The van der Waals surface area contributed by atoms with Crippen LogP contribution < -0.4 is 5.73 Å². The molecule has 0 amide bonds. The van der Waals surface area contributed by atoms with Crippen molar-refractivity contribution in [2.75, 3.05) is 32.7 Å². The van der Waals surface area contributed by atoms with Crippen LogP contribution in [-0.2, 0) is 0 Å². The van der Waals surface area contributed by atoms with Crippen LogP contribution in [0.5, 0.6) is 0 Å². The van der Waals surface area contributed by atoms with E-state index in [4.69, 9.17) is 5.73 Å². The number of nitrogens with two attached hydrogens (primary N) is 1. The van der Waals surface area contributed by atoms with E-state index in [1.165, 1.54) is 64.7 Å².